The third kappa shape index (κ3) is 15.5. The maximum Gasteiger partial charge on any atom is 0.311 e. The van der Waals surface area contributed by atoms with Crippen molar-refractivity contribution in [3.8, 4) is 0 Å². The van der Waals surface area contributed by atoms with Crippen LogP contribution in [0.4, 0.5) is 0 Å². The summed E-state index contributed by atoms with van der Waals surface area (Å²) in [5.74, 6) is -0.0567. The van der Waals surface area contributed by atoms with E-state index in [0.717, 1.165) is 48.0 Å². The van der Waals surface area contributed by atoms with Crippen molar-refractivity contribution in [3.05, 3.63) is 0 Å². The first-order chi connectivity index (χ1) is 8.72. The van der Waals surface area contributed by atoms with E-state index in [1.807, 2.05) is 0 Å². The van der Waals surface area contributed by atoms with Crippen LogP contribution in [0.25, 0.3) is 0 Å². The van der Waals surface area contributed by atoms with Gasteiger partial charge in [0.1, 0.15) is 13.2 Å². The summed E-state index contributed by atoms with van der Waals surface area (Å²) in [6, 6.07) is 0. The molecule has 0 fully saturated rings. The largest absolute Gasteiger partial charge is 1.00 e. The van der Waals surface area contributed by atoms with Crippen LogP contribution in [0.15, 0.2) is 0 Å². The molecule has 0 atom stereocenters. The molecule has 0 aliphatic heterocycles. The molecule has 0 unspecified atom stereocenters. The average molecular weight is 528 g/mol. The number of hydrogen-bond donors (Lipinski definition) is 0. The fraction of sp³-hybridized carbons (Fsp3) is 0.933. The highest BCUT2D eigenvalue weighted by Crippen LogP contribution is 2.03. The van der Waals surface area contributed by atoms with E-state index >= 15 is 0 Å². The molecule has 6 heteroatoms. The maximum atomic E-state index is 11.7. The van der Waals surface area contributed by atoms with Crippen LogP contribution < -0.4 is 48.0 Å². The smallest absolute Gasteiger partial charge is 0.311 e. The van der Waals surface area contributed by atoms with Gasteiger partial charge in [0.2, 0.25) is 0 Å². The standard InChI is InChI=1S/C15H34N2O2.2HI/c1-7-10-16(3,4)12-9-15(18)19-14-13-17(5,6)11-8-2;;/h7-14H2,1-6H3;2*1H/q+2;;/p-2. The molecule has 0 heterocycles. The number of likely N-dealkylation sites (N-methyl/N-ethyl adjacent to an activating group) is 1. The fourth-order valence-electron chi connectivity index (χ4n) is 2.31. The van der Waals surface area contributed by atoms with E-state index in [9.17, 15) is 4.79 Å². The van der Waals surface area contributed by atoms with Gasteiger partial charge in [0.25, 0.3) is 0 Å². The van der Waals surface area contributed by atoms with E-state index in [-0.39, 0.29) is 53.9 Å². The number of carbonyl (C=O) groups excluding carboxylic acids is 1. The van der Waals surface area contributed by atoms with Crippen LogP contribution in [-0.4, -0.2) is 75.9 Å². The predicted octanol–water partition coefficient (Wildman–Crippen LogP) is -4.10. The van der Waals surface area contributed by atoms with Gasteiger partial charge >= 0.3 is 5.97 Å². The van der Waals surface area contributed by atoms with Crippen LogP contribution in [0, 0.1) is 0 Å². The molecular formula is C15H34I2N2O2. The van der Waals surface area contributed by atoms with Crippen molar-refractivity contribution in [2.24, 2.45) is 0 Å². The third-order valence-electron chi connectivity index (χ3n) is 3.54. The lowest BCUT2D eigenvalue weighted by Crippen LogP contribution is -3.00. The van der Waals surface area contributed by atoms with Crippen LogP contribution in [0.2, 0.25) is 0 Å². The van der Waals surface area contributed by atoms with Gasteiger partial charge in [-0.1, -0.05) is 13.8 Å². The number of carbonyl (C=O) groups is 1. The Labute approximate surface area is 165 Å². The van der Waals surface area contributed by atoms with Gasteiger partial charge in [0.05, 0.1) is 54.2 Å². The first-order valence-corrected chi connectivity index (χ1v) is 7.52. The Morgan fingerprint density at radius 2 is 1.24 bits per heavy atom. The molecular weight excluding hydrogens is 494 g/mol. The molecule has 0 bridgehead atoms. The maximum absolute atomic E-state index is 11.7. The van der Waals surface area contributed by atoms with Crippen molar-refractivity contribution < 1.29 is 66.5 Å². The number of nitrogens with zero attached hydrogens (tertiary/aromatic N) is 2. The highest BCUT2D eigenvalue weighted by Gasteiger charge is 2.18. The van der Waals surface area contributed by atoms with Gasteiger partial charge in [-0.25, -0.2) is 0 Å². The Balaban J connectivity index is -0.00000162. The number of rotatable bonds is 10. The second kappa shape index (κ2) is 13.3. The third-order valence-corrected chi connectivity index (χ3v) is 3.54. The molecule has 0 aliphatic rings. The Morgan fingerprint density at radius 1 is 0.810 bits per heavy atom. The van der Waals surface area contributed by atoms with Crippen molar-refractivity contribution in [2.75, 3.05) is 61.0 Å². The summed E-state index contributed by atoms with van der Waals surface area (Å²) in [6.07, 6.45) is 2.82. The summed E-state index contributed by atoms with van der Waals surface area (Å²) < 4.78 is 7.14. The fourth-order valence-corrected chi connectivity index (χ4v) is 2.31. The van der Waals surface area contributed by atoms with Crippen molar-refractivity contribution >= 4 is 5.97 Å². The Kier molecular flexibility index (Phi) is 16.9. The van der Waals surface area contributed by atoms with Crippen molar-refractivity contribution in [2.45, 2.75) is 33.1 Å². The minimum Gasteiger partial charge on any atom is -1.00 e. The van der Waals surface area contributed by atoms with Crippen molar-refractivity contribution in [1.82, 2.24) is 0 Å². The molecule has 0 N–H and O–H groups in total. The topological polar surface area (TPSA) is 26.3 Å². The zero-order valence-corrected chi connectivity index (χ0v) is 18.9. The SMILES string of the molecule is CCC[N+](C)(C)CCOC(=O)CC[N+](C)(C)CCC.[I-].[I-]. The molecule has 0 aromatic rings. The molecule has 130 valence electrons. The summed E-state index contributed by atoms with van der Waals surface area (Å²) in [5.41, 5.74) is 0. The van der Waals surface area contributed by atoms with E-state index in [0.29, 0.717) is 13.0 Å². The minimum atomic E-state index is -0.0567. The molecule has 0 aliphatic carbocycles. The van der Waals surface area contributed by atoms with Gasteiger partial charge in [0.15, 0.2) is 0 Å². The molecule has 4 nitrogen and oxygen atoms in total. The van der Waals surface area contributed by atoms with Crippen LogP contribution in [0.1, 0.15) is 33.1 Å². The normalized spacial score (nSPS) is 11.3. The molecule has 21 heavy (non-hydrogen) atoms. The Bertz CT molecular complexity index is 272. The molecule has 0 aromatic heterocycles. The molecule has 0 radical (unpaired) electrons. The lowest BCUT2D eigenvalue weighted by atomic mass is 10.3. The highest BCUT2D eigenvalue weighted by atomic mass is 127. The van der Waals surface area contributed by atoms with Gasteiger partial charge in [-0.2, -0.15) is 0 Å². The molecule has 0 saturated carbocycles. The highest BCUT2D eigenvalue weighted by molar-refractivity contribution is 5.69. The number of halogens is 2. The van der Waals surface area contributed by atoms with Gasteiger partial charge in [-0.15, -0.1) is 0 Å². The summed E-state index contributed by atoms with van der Waals surface area (Å²) in [7, 11) is 8.69. The molecule has 0 rings (SSSR count). The average Bonchev–Trinajstić information content (AvgIpc) is 2.26. The predicted molar refractivity (Wildman–Crippen MR) is 79.8 cm³/mol. The van der Waals surface area contributed by atoms with E-state index in [4.69, 9.17) is 4.74 Å². The van der Waals surface area contributed by atoms with Crippen molar-refractivity contribution in [3.63, 3.8) is 0 Å². The van der Waals surface area contributed by atoms with E-state index in [1.165, 1.54) is 0 Å². The quantitative estimate of drug-likeness (QED) is 0.164. The second-order valence-electron chi connectivity index (χ2n) is 6.74. The summed E-state index contributed by atoms with van der Waals surface area (Å²) in [4.78, 5) is 11.7. The van der Waals surface area contributed by atoms with Gasteiger partial charge in [-0.05, 0) is 12.8 Å². The summed E-state index contributed by atoms with van der Waals surface area (Å²) in [5, 5.41) is 0. The first kappa shape index (κ1) is 26.7. The lowest BCUT2D eigenvalue weighted by molar-refractivity contribution is -0.890. The monoisotopic (exact) mass is 528 g/mol. The van der Waals surface area contributed by atoms with E-state index in [1.54, 1.807) is 0 Å². The lowest BCUT2D eigenvalue weighted by Gasteiger charge is -2.30. The van der Waals surface area contributed by atoms with Crippen LogP contribution in [0.3, 0.4) is 0 Å². The van der Waals surface area contributed by atoms with Crippen LogP contribution in [-0.2, 0) is 9.53 Å². The number of hydrogen-bond acceptors (Lipinski definition) is 2. The van der Waals surface area contributed by atoms with Crippen LogP contribution in [0.5, 0.6) is 0 Å². The molecule has 0 amide bonds. The number of quaternary nitrogens is 2. The Morgan fingerprint density at radius 3 is 1.67 bits per heavy atom. The summed E-state index contributed by atoms with van der Waals surface area (Å²) >= 11 is 0. The molecule has 0 aromatic carbocycles. The zero-order chi connectivity index (χ0) is 14.9. The first-order valence-electron chi connectivity index (χ1n) is 7.52. The van der Waals surface area contributed by atoms with Gasteiger partial charge in [-0.3, -0.25) is 4.79 Å². The van der Waals surface area contributed by atoms with Crippen molar-refractivity contribution in [1.29, 1.82) is 0 Å². The zero-order valence-electron chi connectivity index (χ0n) is 14.6. The Hall–Kier alpha value is 0.850. The van der Waals surface area contributed by atoms with Gasteiger partial charge in [0, 0.05) is 0 Å². The second-order valence-corrected chi connectivity index (χ2v) is 6.74. The van der Waals surface area contributed by atoms with Crippen LogP contribution >= 0.6 is 0 Å². The molecule has 0 saturated heterocycles. The summed E-state index contributed by atoms with van der Waals surface area (Å²) in [6.45, 7) is 8.87. The van der Waals surface area contributed by atoms with Gasteiger partial charge < -0.3 is 61.7 Å². The molecule has 0 spiro atoms. The van der Waals surface area contributed by atoms with E-state index < -0.39 is 0 Å². The number of esters is 1. The number of ether oxygens (including phenoxy) is 1. The minimum absolute atomic E-state index is 0. The van der Waals surface area contributed by atoms with E-state index in [2.05, 4.69) is 42.0 Å².